The molecule has 0 aliphatic rings. The highest BCUT2D eigenvalue weighted by Crippen LogP contribution is 2.38. The summed E-state index contributed by atoms with van der Waals surface area (Å²) in [5.74, 6) is 1.29. The molecule has 2 aromatic carbocycles. The van der Waals surface area contributed by atoms with Crippen LogP contribution < -0.4 is 30.5 Å². The Kier molecular flexibility index (Phi) is 9.28. The quantitative estimate of drug-likeness (QED) is 0.314. The molecule has 3 N–H and O–H groups in total. The molecular weight excluding hydrogens is 468 g/mol. The van der Waals surface area contributed by atoms with Gasteiger partial charge in [-0.05, 0) is 56.6 Å². The number of nitrogens with zero attached hydrogens (tertiary/aromatic N) is 5. The first-order valence-electron chi connectivity index (χ1n) is 11.9. The van der Waals surface area contributed by atoms with Crippen LogP contribution in [0.5, 0.6) is 5.75 Å². The molecule has 0 radical (unpaired) electrons. The highest BCUT2D eigenvalue weighted by atomic mass is 16.5. The lowest BCUT2D eigenvalue weighted by atomic mass is 10.2. The molecule has 0 aliphatic carbocycles. The van der Waals surface area contributed by atoms with Crippen molar-refractivity contribution in [2.24, 2.45) is 0 Å². The fourth-order valence-corrected chi connectivity index (χ4v) is 3.51. The number of methoxy groups -OCH3 is 1. The topological polar surface area (TPSA) is 97.9 Å². The minimum absolute atomic E-state index is 0.305. The number of anilines is 7. The van der Waals surface area contributed by atoms with Gasteiger partial charge in [-0.2, -0.15) is 4.98 Å². The molecule has 37 heavy (non-hydrogen) atoms. The smallest absolute Gasteiger partial charge is 0.247 e. The summed E-state index contributed by atoms with van der Waals surface area (Å²) in [6.07, 6.45) is 2.91. The standard InChI is InChI=1S/C27H36N8O2/c1-8-26(36)30-21-17-22(24(37-7)18-23(21)35(6)16-15-33(2)3)31-27-28-14-13-25(32-27)29-19-9-11-20(12-10-19)34(4)5/h8-14,17-18H,1,15-16H2,2-7H3,(H,30,36)(H2,28,29,31,32). The van der Waals surface area contributed by atoms with Crippen LogP contribution in [-0.4, -0.2) is 76.2 Å². The summed E-state index contributed by atoms with van der Waals surface area (Å²) in [7, 11) is 11.6. The molecule has 1 aromatic heterocycles. The lowest BCUT2D eigenvalue weighted by molar-refractivity contribution is -0.111. The van der Waals surface area contributed by atoms with Gasteiger partial charge in [0.05, 0.1) is 24.2 Å². The maximum absolute atomic E-state index is 12.2. The number of rotatable bonds is 12. The molecule has 196 valence electrons. The van der Waals surface area contributed by atoms with Crippen molar-refractivity contribution >= 4 is 46.1 Å². The molecule has 0 saturated heterocycles. The summed E-state index contributed by atoms with van der Waals surface area (Å²) in [5, 5.41) is 9.42. The second-order valence-corrected chi connectivity index (χ2v) is 8.94. The van der Waals surface area contributed by atoms with Crippen molar-refractivity contribution in [1.82, 2.24) is 14.9 Å². The van der Waals surface area contributed by atoms with Crippen LogP contribution in [0, 0.1) is 0 Å². The summed E-state index contributed by atoms with van der Waals surface area (Å²) < 4.78 is 5.67. The molecule has 1 heterocycles. The van der Waals surface area contributed by atoms with Crippen LogP contribution in [0.15, 0.2) is 61.3 Å². The van der Waals surface area contributed by atoms with E-state index in [-0.39, 0.29) is 5.91 Å². The third-order valence-corrected chi connectivity index (χ3v) is 5.61. The molecule has 10 heteroatoms. The Hall–Kier alpha value is -4.31. The van der Waals surface area contributed by atoms with Crippen LogP contribution in [0.4, 0.5) is 40.2 Å². The van der Waals surface area contributed by atoms with E-state index in [1.54, 1.807) is 19.4 Å². The number of carbonyl (C=O) groups excluding carboxylic acids is 1. The first kappa shape index (κ1) is 27.3. The number of hydrogen-bond donors (Lipinski definition) is 3. The van der Waals surface area contributed by atoms with Gasteiger partial charge < -0.3 is 35.4 Å². The Morgan fingerprint density at radius 1 is 1.00 bits per heavy atom. The average molecular weight is 505 g/mol. The lowest BCUT2D eigenvalue weighted by Gasteiger charge is -2.26. The third-order valence-electron chi connectivity index (χ3n) is 5.61. The van der Waals surface area contributed by atoms with Crippen LogP contribution in [0.1, 0.15) is 0 Å². The van der Waals surface area contributed by atoms with Gasteiger partial charge in [0.2, 0.25) is 11.9 Å². The normalized spacial score (nSPS) is 10.6. The van der Waals surface area contributed by atoms with Crippen LogP contribution in [0.2, 0.25) is 0 Å². The summed E-state index contributed by atoms with van der Waals surface area (Å²) in [4.78, 5) is 27.3. The Morgan fingerprint density at radius 2 is 1.73 bits per heavy atom. The number of carbonyl (C=O) groups is 1. The Morgan fingerprint density at radius 3 is 2.35 bits per heavy atom. The van der Waals surface area contributed by atoms with E-state index in [9.17, 15) is 4.79 Å². The average Bonchev–Trinajstić information content (AvgIpc) is 2.88. The molecule has 0 fully saturated rings. The van der Waals surface area contributed by atoms with Gasteiger partial charge in [0.1, 0.15) is 11.6 Å². The van der Waals surface area contributed by atoms with Crippen LogP contribution in [-0.2, 0) is 4.79 Å². The minimum Gasteiger partial charge on any atom is -0.494 e. The van der Waals surface area contributed by atoms with Gasteiger partial charge in [0.25, 0.3) is 0 Å². The number of benzene rings is 2. The van der Waals surface area contributed by atoms with E-state index in [1.807, 2.05) is 76.5 Å². The fraction of sp³-hybridized carbons (Fsp3) is 0.296. The van der Waals surface area contributed by atoms with Crippen molar-refractivity contribution in [1.29, 1.82) is 0 Å². The van der Waals surface area contributed by atoms with Crippen LogP contribution in [0.3, 0.4) is 0 Å². The molecule has 3 aromatic rings. The molecule has 1 amide bonds. The summed E-state index contributed by atoms with van der Waals surface area (Å²) in [6.45, 7) is 5.17. The molecule has 0 unspecified atom stereocenters. The zero-order chi connectivity index (χ0) is 26.9. The highest BCUT2D eigenvalue weighted by Gasteiger charge is 2.16. The van der Waals surface area contributed by atoms with Crippen molar-refractivity contribution in [2.75, 3.05) is 81.2 Å². The van der Waals surface area contributed by atoms with Gasteiger partial charge in [-0.1, -0.05) is 6.58 Å². The van der Waals surface area contributed by atoms with Crippen molar-refractivity contribution in [2.45, 2.75) is 0 Å². The van der Waals surface area contributed by atoms with E-state index in [0.717, 1.165) is 30.2 Å². The first-order valence-corrected chi connectivity index (χ1v) is 11.9. The van der Waals surface area contributed by atoms with Crippen molar-refractivity contribution in [3.63, 3.8) is 0 Å². The zero-order valence-corrected chi connectivity index (χ0v) is 22.4. The van der Waals surface area contributed by atoms with Gasteiger partial charge in [-0.15, -0.1) is 0 Å². The molecule has 0 atom stereocenters. The van der Waals surface area contributed by atoms with E-state index in [2.05, 4.69) is 42.3 Å². The van der Waals surface area contributed by atoms with E-state index in [1.165, 1.54) is 6.08 Å². The zero-order valence-electron chi connectivity index (χ0n) is 22.4. The molecular formula is C27H36N8O2. The molecule has 0 saturated carbocycles. The van der Waals surface area contributed by atoms with Crippen molar-refractivity contribution in [3.8, 4) is 5.75 Å². The van der Waals surface area contributed by atoms with Gasteiger partial charge in [-0.3, -0.25) is 4.79 Å². The monoisotopic (exact) mass is 504 g/mol. The van der Waals surface area contributed by atoms with Gasteiger partial charge in [0.15, 0.2) is 0 Å². The molecule has 0 bridgehead atoms. The number of ether oxygens (including phenoxy) is 1. The Bertz CT molecular complexity index is 1210. The fourth-order valence-electron chi connectivity index (χ4n) is 3.51. The third kappa shape index (κ3) is 7.58. The largest absolute Gasteiger partial charge is 0.494 e. The van der Waals surface area contributed by atoms with E-state index < -0.39 is 0 Å². The van der Waals surface area contributed by atoms with Gasteiger partial charge >= 0.3 is 0 Å². The van der Waals surface area contributed by atoms with E-state index in [4.69, 9.17) is 4.74 Å². The predicted octanol–water partition coefficient (Wildman–Crippen LogP) is 4.16. The number of amides is 1. The Balaban J connectivity index is 1.88. The van der Waals surface area contributed by atoms with E-state index >= 15 is 0 Å². The number of nitrogens with one attached hydrogen (secondary N) is 3. The van der Waals surface area contributed by atoms with E-state index in [0.29, 0.717) is 28.9 Å². The second kappa shape index (κ2) is 12.6. The molecule has 0 aliphatic heterocycles. The van der Waals surface area contributed by atoms with Gasteiger partial charge in [-0.25, -0.2) is 4.98 Å². The second-order valence-electron chi connectivity index (χ2n) is 8.94. The summed E-state index contributed by atoms with van der Waals surface area (Å²) in [5.41, 5.74) is 4.06. The Labute approximate surface area is 219 Å². The maximum Gasteiger partial charge on any atom is 0.247 e. The molecule has 0 spiro atoms. The number of aromatic nitrogens is 2. The highest BCUT2D eigenvalue weighted by molar-refractivity contribution is 6.02. The first-order chi connectivity index (χ1) is 17.7. The summed E-state index contributed by atoms with van der Waals surface area (Å²) >= 11 is 0. The number of hydrogen-bond acceptors (Lipinski definition) is 9. The maximum atomic E-state index is 12.2. The minimum atomic E-state index is -0.305. The predicted molar refractivity (Wildman–Crippen MR) is 153 cm³/mol. The lowest BCUT2D eigenvalue weighted by Crippen LogP contribution is -2.29. The van der Waals surface area contributed by atoms with Crippen molar-refractivity contribution < 1.29 is 9.53 Å². The molecule has 3 rings (SSSR count). The van der Waals surface area contributed by atoms with Crippen LogP contribution in [0.25, 0.3) is 0 Å². The SMILES string of the molecule is C=CC(=O)Nc1cc(Nc2nccc(Nc3ccc(N(C)C)cc3)n2)c(OC)cc1N(C)CCN(C)C. The van der Waals surface area contributed by atoms with Gasteiger partial charge in [0, 0.05) is 57.9 Å². The van der Waals surface area contributed by atoms with Crippen molar-refractivity contribution in [3.05, 3.63) is 61.3 Å². The number of likely N-dealkylation sites (N-methyl/N-ethyl adjacent to an activating group) is 2. The van der Waals surface area contributed by atoms with Crippen LogP contribution >= 0.6 is 0 Å². The summed E-state index contributed by atoms with van der Waals surface area (Å²) in [6, 6.07) is 13.5. The molecule has 10 nitrogen and oxygen atoms in total.